The molecule has 1 aliphatic rings. The van der Waals surface area contributed by atoms with Crippen LogP contribution in [0.2, 0.25) is 5.02 Å². The number of fused-ring (bicyclic) bond motifs is 1. The number of methoxy groups -OCH3 is 1. The maximum Gasteiger partial charge on any atom is 0.196 e. The summed E-state index contributed by atoms with van der Waals surface area (Å²) in [7, 11) is 1.63. The Morgan fingerprint density at radius 2 is 1.85 bits per heavy atom. The number of alkyl halides is 1. The number of ether oxygens (including phenoxy) is 1. The standard InChI is InChI=1S/C20H16BrClN2O2/c1-26-15-8-6-14(7-9-15)24-19(12-2-4-13(22)5-3-12)16-10-11-17(21)20(25)18(16)23-24/h2-9,17H,10-11H2,1H3. The Hall–Kier alpha value is -2.11. The smallest absolute Gasteiger partial charge is 0.196 e. The summed E-state index contributed by atoms with van der Waals surface area (Å²) >= 11 is 9.52. The Bertz CT molecular complexity index is 965. The maximum absolute atomic E-state index is 12.6. The van der Waals surface area contributed by atoms with Gasteiger partial charge in [-0.2, -0.15) is 5.10 Å². The molecule has 3 aromatic rings. The summed E-state index contributed by atoms with van der Waals surface area (Å²) in [4.78, 5) is 12.5. The molecule has 6 heteroatoms. The number of ketones is 1. The lowest BCUT2D eigenvalue weighted by Gasteiger charge is -2.15. The first-order valence-electron chi connectivity index (χ1n) is 8.29. The Morgan fingerprint density at radius 3 is 2.50 bits per heavy atom. The van der Waals surface area contributed by atoms with Crippen LogP contribution >= 0.6 is 27.5 Å². The minimum absolute atomic E-state index is 0.0359. The van der Waals surface area contributed by atoms with E-state index in [9.17, 15) is 4.79 Å². The zero-order valence-corrected chi connectivity index (χ0v) is 16.4. The topological polar surface area (TPSA) is 44.1 Å². The summed E-state index contributed by atoms with van der Waals surface area (Å²) in [5.74, 6) is 0.809. The van der Waals surface area contributed by atoms with E-state index in [0.29, 0.717) is 10.7 Å². The molecule has 2 aromatic carbocycles. The van der Waals surface area contributed by atoms with Gasteiger partial charge in [0.15, 0.2) is 5.78 Å². The predicted molar refractivity (Wildman–Crippen MR) is 106 cm³/mol. The zero-order chi connectivity index (χ0) is 18.3. The molecule has 4 nitrogen and oxygen atoms in total. The molecule has 0 amide bonds. The van der Waals surface area contributed by atoms with Crippen LogP contribution in [-0.4, -0.2) is 27.5 Å². The molecular weight excluding hydrogens is 416 g/mol. The van der Waals surface area contributed by atoms with E-state index in [1.165, 1.54) is 0 Å². The molecular formula is C20H16BrClN2O2. The Morgan fingerprint density at radius 1 is 1.15 bits per heavy atom. The summed E-state index contributed by atoms with van der Waals surface area (Å²) in [5.41, 5.74) is 4.33. The molecule has 0 fully saturated rings. The molecule has 1 aliphatic carbocycles. The SMILES string of the molecule is COc1ccc(-n2nc3c(c2-c2ccc(Cl)cc2)CCC(Br)C3=O)cc1. The van der Waals surface area contributed by atoms with Crippen molar-refractivity contribution in [1.82, 2.24) is 9.78 Å². The average molecular weight is 432 g/mol. The van der Waals surface area contributed by atoms with Gasteiger partial charge >= 0.3 is 0 Å². The zero-order valence-electron chi connectivity index (χ0n) is 14.1. The Balaban J connectivity index is 1.93. The second-order valence-corrected chi connectivity index (χ2v) is 7.70. The largest absolute Gasteiger partial charge is 0.497 e. The van der Waals surface area contributed by atoms with E-state index in [0.717, 1.165) is 41.1 Å². The van der Waals surface area contributed by atoms with E-state index in [-0.39, 0.29) is 10.6 Å². The van der Waals surface area contributed by atoms with E-state index in [4.69, 9.17) is 16.3 Å². The monoisotopic (exact) mass is 430 g/mol. The fourth-order valence-electron chi connectivity index (χ4n) is 3.25. The third-order valence-electron chi connectivity index (χ3n) is 4.58. The van der Waals surface area contributed by atoms with E-state index >= 15 is 0 Å². The van der Waals surface area contributed by atoms with E-state index in [1.807, 2.05) is 53.2 Å². The van der Waals surface area contributed by atoms with E-state index in [2.05, 4.69) is 21.0 Å². The lowest BCUT2D eigenvalue weighted by atomic mass is 9.92. The Kier molecular flexibility index (Phi) is 4.59. The molecule has 0 spiro atoms. The van der Waals surface area contributed by atoms with E-state index < -0.39 is 0 Å². The molecule has 1 atom stereocenters. The second-order valence-electron chi connectivity index (χ2n) is 6.16. The summed E-state index contributed by atoms with van der Waals surface area (Å²) in [5, 5.41) is 5.35. The van der Waals surface area contributed by atoms with Crippen molar-refractivity contribution in [2.24, 2.45) is 0 Å². The van der Waals surface area contributed by atoms with Crippen molar-refractivity contribution in [2.45, 2.75) is 17.7 Å². The fraction of sp³-hybridized carbons (Fsp3) is 0.200. The molecule has 0 radical (unpaired) electrons. The number of carbonyl (C=O) groups excluding carboxylic acids is 1. The molecule has 0 aliphatic heterocycles. The van der Waals surface area contributed by atoms with Gasteiger partial charge in [-0.15, -0.1) is 0 Å². The van der Waals surface area contributed by atoms with Crippen LogP contribution in [0.15, 0.2) is 48.5 Å². The number of rotatable bonds is 3. The van der Waals surface area contributed by atoms with Crippen LogP contribution in [0.3, 0.4) is 0 Å². The van der Waals surface area contributed by atoms with Crippen molar-refractivity contribution in [3.8, 4) is 22.7 Å². The van der Waals surface area contributed by atoms with Gasteiger partial charge in [0.05, 0.1) is 23.3 Å². The number of Topliss-reactive ketones (excluding diaryl/α,β-unsaturated/α-hetero) is 1. The van der Waals surface area contributed by atoms with Gasteiger partial charge in [0.2, 0.25) is 0 Å². The van der Waals surface area contributed by atoms with Crippen LogP contribution in [-0.2, 0) is 6.42 Å². The Labute approximate surface area is 164 Å². The molecule has 0 saturated carbocycles. The molecule has 4 rings (SSSR count). The van der Waals surface area contributed by atoms with Crippen molar-refractivity contribution in [3.63, 3.8) is 0 Å². The molecule has 0 N–H and O–H groups in total. The van der Waals surface area contributed by atoms with Crippen molar-refractivity contribution >= 4 is 33.3 Å². The summed E-state index contributed by atoms with van der Waals surface area (Å²) in [6.07, 6.45) is 1.56. The van der Waals surface area contributed by atoms with Gasteiger partial charge in [0.1, 0.15) is 11.4 Å². The lowest BCUT2D eigenvalue weighted by molar-refractivity contribution is 0.0976. The molecule has 0 saturated heterocycles. The normalized spacial score (nSPS) is 16.4. The number of halogens is 2. The van der Waals surface area contributed by atoms with Crippen molar-refractivity contribution in [3.05, 3.63) is 64.8 Å². The van der Waals surface area contributed by atoms with Gasteiger partial charge in [-0.25, -0.2) is 4.68 Å². The molecule has 1 aromatic heterocycles. The highest BCUT2D eigenvalue weighted by Crippen LogP contribution is 2.35. The summed E-state index contributed by atoms with van der Waals surface area (Å²) in [6, 6.07) is 15.3. The van der Waals surface area contributed by atoms with Gasteiger partial charge in [-0.3, -0.25) is 4.79 Å². The van der Waals surface area contributed by atoms with Gasteiger partial charge in [0.25, 0.3) is 0 Å². The number of benzene rings is 2. The molecule has 1 heterocycles. The fourth-order valence-corrected chi connectivity index (χ4v) is 3.82. The van der Waals surface area contributed by atoms with Crippen LogP contribution in [0.4, 0.5) is 0 Å². The van der Waals surface area contributed by atoms with Gasteiger partial charge in [-0.1, -0.05) is 39.7 Å². The summed E-state index contributed by atoms with van der Waals surface area (Å²) < 4.78 is 7.08. The van der Waals surface area contributed by atoms with Crippen LogP contribution in [0, 0.1) is 0 Å². The van der Waals surface area contributed by atoms with Gasteiger partial charge in [-0.05, 0) is 49.2 Å². The molecule has 26 heavy (non-hydrogen) atoms. The number of carbonyl (C=O) groups is 1. The first-order valence-corrected chi connectivity index (χ1v) is 9.58. The van der Waals surface area contributed by atoms with Crippen LogP contribution in [0.25, 0.3) is 16.9 Å². The minimum Gasteiger partial charge on any atom is -0.497 e. The second kappa shape index (κ2) is 6.89. The molecule has 0 bridgehead atoms. The van der Waals surface area contributed by atoms with Crippen LogP contribution in [0.1, 0.15) is 22.5 Å². The number of hydrogen-bond acceptors (Lipinski definition) is 3. The first-order chi connectivity index (χ1) is 12.6. The summed E-state index contributed by atoms with van der Waals surface area (Å²) in [6.45, 7) is 0. The highest BCUT2D eigenvalue weighted by Gasteiger charge is 2.32. The van der Waals surface area contributed by atoms with Crippen molar-refractivity contribution in [2.75, 3.05) is 7.11 Å². The van der Waals surface area contributed by atoms with Gasteiger partial charge in [0, 0.05) is 16.1 Å². The minimum atomic E-state index is -0.174. The number of hydrogen-bond donors (Lipinski definition) is 0. The third-order valence-corrected chi connectivity index (χ3v) is 5.71. The lowest BCUT2D eigenvalue weighted by Crippen LogP contribution is -2.22. The number of aromatic nitrogens is 2. The van der Waals surface area contributed by atoms with Crippen LogP contribution < -0.4 is 4.74 Å². The first kappa shape index (κ1) is 17.3. The quantitative estimate of drug-likeness (QED) is 0.542. The average Bonchev–Trinajstić information content (AvgIpc) is 3.06. The van der Waals surface area contributed by atoms with Crippen molar-refractivity contribution in [1.29, 1.82) is 0 Å². The maximum atomic E-state index is 12.6. The third kappa shape index (κ3) is 2.95. The predicted octanol–water partition coefficient (Wildman–Crippen LogP) is 5.09. The molecule has 132 valence electrons. The van der Waals surface area contributed by atoms with Crippen LogP contribution in [0.5, 0.6) is 5.75 Å². The highest BCUT2D eigenvalue weighted by molar-refractivity contribution is 9.10. The highest BCUT2D eigenvalue weighted by atomic mass is 79.9. The van der Waals surface area contributed by atoms with E-state index in [1.54, 1.807) is 7.11 Å². The number of nitrogens with zero attached hydrogens (tertiary/aromatic N) is 2. The van der Waals surface area contributed by atoms with Crippen molar-refractivity contribution < 1.29 is 9.53 Å². The molecule has 1 unspecified atom stereocenters. The van der Waals surface area contributed by atoms with Gasteiger partial charge < -0.3 is 4.74 Å².